The van der Waals surface area contributed by atoms with Crippen molar-refractivity contribution in [1.82, 2.24) is 5.32 Å². The van der Waals surface area contributed by atoms with E-state index in [4.69, 9.17) is 12.3 Å². The summed E-state index contributed by atoms with van der Waals surface area (Å²) in [6.45, 7) is 1.53. The number of aliphatic hydroxyl groups is 2. The van der Waals surface area contributed by atoms with Gasteiger partial charge >= 0.3 is 5.63 Å². The average molecular weight is 378 g/mol. The number of carbonyl (C=O) groups excluding carboxylic acids is 1. The van der Waals surface area contributed by atoms with Crippen molar-refractivity contribution in [3.63, 3.8) is 0 Å². The molecule has 0 bridgehead atoms. The van der Waals surface area contributed by atoms with E-state index in [2.05, 4.69) is 5.32 Å². The Morgan fingerprint density at radius 3 is 2.54 bits per heavy atom. The zero-order valence-corrected chi connectivity index (χ0v) is 15.5. The molecule has 0 saturated heterocycles. The largest absolute Gasteiger partial charge is 0.423 e. The zero-order valence-electron chi connectivity index (χ0n) is 15.5. The monoisotopic (exact) mass is 378 g/mol. The number of carbonyl (C=O) groups is 1. The highest BCUT2D eigenvalue weighted by Crippen LogP contribution is 2.32. The van der Waals surface area contributed by atoms with Crippen molar-refractivity contribution in [2.24, 2.45) is 0 Å². The fraction of sp³-hybridized carbons (Fsp3) is 0.200. The average Bonchev–Trinajstić information content (AvgIpc) is 2.64. The molecule has 1 heterocycles. The third-order valence-corrected chi connectivity index (χ3v) is 4.45. The molecule has 8 heteroatoms. The summed E-state index contributed by atoms with van der Waals surface area (Å²) >= 11 is 0. The summed E-state index contributed by atoms with van der Waals surface area (Å²) in [6.07, 6.45) is 0. The van der Waals surface area contributed by atoms with Crippen molar-refractivity contribution in [2.45, 2.75) is 12.7 Å². The van der Waals surface area contributed by atoms with E-state index in [9.17, 15) is 19.8 Å². The SMILES string of the molecule is [B]C(O)(O)N(CC(=O)NC)c1ccc2c(-c3ccccc3C)cc(=O)oc2c1. The van der Waals surface area contributed by atoms with Crippen LogP contribution in [-0.2, 0) is 4.79 Å². The summed E-state index contributed by atoms with van der Waals surface area (Å²) in [7, 11) is 6.81. The van der Waals surface area contributed by atoms with Crippen LogP contribution >= 0.6 is 0 Å². The molecule has 3 aromatic rings. The lowest BCUT2D eigenvalue weighted by Gasteiger charge is -2.34. The van der Waals surface area contributed by atoms with Gasteiger partial charge < -0.3 is 24.8 Å². The minimum Gasteiger partial charge on any atom is -0.423 e. The Balaban J connectivity index is 2.18. The molecule has 7 nitrogen and oxygen atoms in total. The van der Waals surface area contributed by atoms with Gasteiger partial charge in [0.1, 0.15) is 12.1 Å². The lowest BCUT2D eigenvalue weighted by molar-refractivity contribution is -0.123. The minimum atomic E-state index is -2.78. The van der Waals surface area contributed by atoms with Gasteiger partial charge in [-0.2, -0.15) is 0 Å². The van der Waals surface area contributed by atoms with E-state index in [1.807, 2.05) is 31.2 Å². The molecule has 28 heavy (non-hydrogen) atoms. The molecule has 0 spiro atoms. The first-order chi connectivity index (χ1) is 13.2. The van der Waals surface area contributed by atoms with Crippen LogP contribution in [0.5, 0.6) is 0 Å². The van der Waals surface area contributed by atoms with Crippen LogP contribution in [0.4, 0.5) is 5.69 Å². The third kappa shape index (κ3) is 3.93. The number of hydrogen-bond acceptors (Lipinski definition) is 6. The minimum absolute atomic E-state index is 0.202. The number of nitrogens with zero attached hydrogens (tertiary/aromatic N) is 1. The molecule has 0 saturated carbocycles. The number of nitrogens with one attached hydrogen (secondary N) is 1. The maximum Gasteiger partial charge on any atom is 0.336 e. The molecule has 1 aromatic heterocycles. The Morgan fingerprint density at radius 1 is 1.18 bits per heavy atom. The van der Waals surface area contributed by atoms with Crippen LogP contribution in [0.3, 0.4) is 0 Å². The van der Waals surface area contributed by atoms with Crippen molar-refractivity contribution in [3.05, 3.63) is 64.5 Å². The number of likely N-dealkylation sites (N-methyl/N-ethyl adjacent to an activating group) is 1. The van der Waals surface area contributed by atoms with Crippen molar-refractivity contribution >= 4 is 30.4 Å². The van der Waals surface area contributed by atoms with Gasteiger partial charge in [0.05, 0.1) is 0 Å². The summed E-state index contributed by atoms with van der Waals surface area (Å²) in [6, 6.07) is 13.7. The second kappa shape index (κ2) is 7.50. The molecule has 0 aliphatic rings. The molecule has 0 unspecified atom stereocenters. The summed E-state index contributed by atoms with van der Waals surface area (Å²) in [4.78, 5) is 24.7. The molecule has 142 valence electrons. The molecule has 2 aromatic carbocycles. The molecule has 2 radical (unpaired) electrons. The van der Waals surface area contributed by atoms with E-state index in [0.29, 0.717) is 10.9 Å². The summed E-state index contributed by atoms with van der Waals surface area (Å²) in [5.74, 6) is -3.26. The van der Waals surface area contributed by atoms with Crippen LogP contribution < -0.4 is 15.8 Å². The van der Waals surface area contributed by atoms with Crippen LogP contribution in [0.15, 0.2) is 57.7 Å². The molecule has 1 amide bonds. The Kier molecular flexibility index (Phi) is 5.26. The quantitative estimate of drug-likeness (QED) is 0.349. The molecular formula is C20H19BN2O5. The highest BCUT2D eigenvalue weighted by atomic mass is 16.5. The number of amides is 1. The predicted molar refractivity (Wildman–Crippen MR) is 107 cm³/mol. The van der Waals surface area contributed by atoms with Crippen LogP contribution in [0.2, 0.25) is 0 Å². The van der Waals surface area contributed by atoms with E-state index in [0.717, 1.165) is 16.0 Å². The van der Waals surface area contributed by atoms with Gasteiger partial charge in [-0.1, -0.05) is 24.3 Å². The van der Waals surface area contributed by atoms with E-state index in [1.165, 1.54) is 19.2 Å². The first-order valence-corrected chi connectivity index (χ1v) is 8.56. The zero-order chi connectivity index (χ0) is 20.5. The molecule has 0 atom stereocenters. The number of fused-ring (bicyclic) bond motifs is 1. The molecule has 0 fully saturated rings. The fourth-order valence-electron chi connectivity index (χ4n) is 3.04. The van der Waals surface area contributed by atoms with Gasteiger partial charge in [0.25, 0.3) is 0 Å². The van der Waals surface area contributed by atoms with E-state index in [1.54, 1.807) is 12.1 Å². The van der Waals surface area contributed by atoms with Crippen molar-refractivity contribution in [2.75, 3.05) is 18.5 Å². The van der Waals surface area contributed by atoms with Gasteiger partial charge in [-0.15, -0.1) is 0 Å². The van der Waals surface area contributed by atoms with Gasteiger partial charge in [-0.3, -0.25) is 4.79 Å². The van der Waals surface area contributed by atoms with Gasteiger partial charge in [0.2, 0.25) is 5.91 Å². The standard InChI is InChI=1S/C20H19BN2O5/c1-12-5-3-4-6-14(12)16-10-19(25)28-17-9-13(7-8-15(16)17)23(20(21,26)27)11-18(24)22-2/h3-10,26-27H,11H2,1-2H3,(H,22,24). The first-order valence-electron chi connectivity index (χ1n) is 8.56. The lowest BCUT2D eigenvalue weighted by Crippen LogP contribution is -2.53. The number of hydrogen-bond donors (Lipinski definition) is 3. The van der Waals surface area contributed by atoms with Gasteiger partial charge in [0.15, 0.2) is 13.7 Å². The Bertz CT molecular complexity index is 1090. The second-order valence-corrected chi connectivity index (χ2v) is 6.42. The number of aryl methyl sites for hydroxylation is 1. The van der Waals surface area contributed by atoms with Crippen LogP contribution in [0, 0.1) is 6.92 Å². The predicted octanol–water partition coefficient (Wildman–Crippen LogP) is 1.09. The molecule has 3 rings (SSSR count). The number of anilines is 1. The molecule has 0 aliphatic heterocycles. The second-order valence-electron chi connectivity index (χ2n) is 6.42. The Morgan fingerprint density at radius 2 is 1.89 bits per heavy atom. The van der Waals surface area contributed by atoms with Gasteiger partial charge in [-0.25, -0.2) is 4.79 Å². The van der Waals surface area contributed by atoms with Crippen molar-refractivity contribution in [1.29, 1.82) is 0 Å². The smallest absolute Gasteiger partial charge is 0.336 e. The Labute approximate surface area is 162 Å². The molecular weight excluding hydrogens is 359 g/mol. The topological polar surface area (TPSA) is 103 Å². The van der Waals surface area contributed by atoms with E-state index in [-0.39, 0.29) is 11.3 Å². The third-order valence-electron chi connectivity index (χ3n) is 4.45. The van der Waals surface area contributed by atoms with Crippen molar-refractivity contribution < 1.29 is 19.4 Å². The normalized spacial score (nSPS) is 11.4. The number of rotatable bonds is 5. The van der Waals surface area contributed by atoms with Crippen molar-refractivity contribution in [3.8, 4) is 11.1 Å². The van der Waals surface area contributed by atoms with Crippen LogP contribution in [0.1, 0.15) is 5.56 Å². The fourth-order valence-corrected chi connectivity index (χ4v) is 3.04. The number of benzene rings is 2. The summed E-state index contributed by atoms with van der Waals surface area (Å²) in [5, 5.41) is 22.8. The highest BCUT2D eigenvalue weighted by Gasteiger charge is 2.28. The van der Waals surface area contributed by atoms with E-state index < -0.39 is 23.9 Å². The maximum absolute atomic E-state index is 12.1. The molecule has 3 N–H and O–H groups in total. The van der Waals surface area contributed by atoms with Gasteiger partial charge in [0, 0.05) is 35.8 Å². The summed E-state index contributed by atoms with van der Waals surface area (Å²) in [5.41, 5.74) is 2.45. The van der Waals surface area contributed by atoms with Crippen LogP contribution in [0.25, 0.3) is 22.1 Å². The maximum atomic E-state index is 12.1. The summed E-state index contributed by atoms with van der Waals surface area (Å²) < 4.78 is 5.31. The Hall–Kier alpha value is -3.10. The molecule has 0 aliphatic carbocycles. The lowest BCUT2D eigenvalue weighted by atomic mass is 9.97. The highest BCUT2D eigenvalue weighted by molar-refractivity contribution is 6.15. The first kappa shape index (κ1) is 19.7. The van der Waals surface area contributed by atoms with Gasteiger partial charge in [-0.05, 0) is 30.2 Å². The van der Waals surface area contributed by atoms with E-state index >= 15 is 0 Å². The van der Waals surface area contributed by atoms with Crippen LogP contribution in [-0.4, -0.2) is 43.4 Å².